The lowest BCUT2D eigenvalue weighted by Gasteiger charge is -2.34. The van der Waals surface area contributed by atoms with Crippen molar-refractivity contribution in [3.8, 4) is 0 Å². The number of ether oxygens (including phenoxy) is 1. The molecular formula is C49H74N10O11SSi. The van der Waals surface area contributed by atoms with Crippen molar-refractivity contribution in [2.45, 2.75) is 141 Å². The summed E-state index contributed by atoms with van der Waals surface area (Å²) < 4.78 is 11.8. The van der Waals surface area contributed by atoms with Gasteiger partial charge in [-0.2, -0.15) is 0 Å². The fourth-order valence-corrected chi connectivity index (χ4v) is 11.9. The number of fused-ring (bicyclic) bond motifs is 3. The first-order chi connectivity index (χ1) is 34.4. The number of para-hydroxylation sites is 1. The molecule has 23 heteroatoms. The maximum atomic E-state index is 14.5. The second-order valence-corrected chi connectivity index (χ2v) is 23.8. The molecule has 4 rings (SSSR count). The smallest absolute Gasteiger partial charge is 0.251 e. The molecule has 10 N–H and O–H groups in total. The molecule has 2 aromatic heterocycles. The summed E-state index contributed by atoms with van der Waals surface area (Å²) in [5.74, 6) is -6.28. The summed E-state index contributed by atoms with van der Waals surface area (Å²) in [6.45, 7) is 13.7. The van der Waals surface area contributed by atoms with Crippen LogP contribution in [0, 0.1) is 11.8 Å². The largest absolute Gasteiger partial charge is 0.404 e. The molecule has 1 aromatic carbocycles. The SMILES string of the molecule is CC[C@H](C)[C@@H]1NC(=O)[C@H](C)NC(=O)[C@@H](NC(=O)[C@@H](NC(=O)[C@@H](CNC=O)O[Si](CC)(CC)CC)[C@@H](C)CC)CNC(=O)[C@H](Cc2c[nH]c3ccccc23)NC(=O)/C=C/c2csc(n2)[C@H](COC)NC(=O)[C@@H]1O. The van der Waals surface area contributed by atoms with Crippen LogP contribution in [-0.2, 0) is 53.9 Å². The van der Waals surface area contributed by atoms with Crippen molar-refractivity contribution in [3.05, 3.63) is 58.2 Å². The van der Waals surface area contributed by atoms with Crippen molar-refractivity contribution in [1.82, 2.24) is 52.5 Å². The van der Waals surface area contributed by atoms with Crippen LogP contribution >= 0.6 is 11.3 Å². The number of aromatic nitrogens is 2. The molecule has 0 saturated carbocycles. The number of nitrogens with zero attached hydrogens (tertiary/aromatic N) is 1. The van der Waals surface area contributed by atoms with Crippen molar-refractivity contribution in [1.29, 1.82) is 0 Å². The second-order valence-electron chi connectivity index (χ2n) is 18.2. The average molecular weight is 1040 g/mol. The third-order valence-electron chi connectivity index (χ3n) is 13.5. The van der Waals surface area contributed by atoms with Crippen molar-refractivity contribution >= 4 is 84.4 Å². The standard InChI is InChI=1S/C49H74N10O11SSi/c1-10-28(6)40-42(62)48(68)57-37(25-69-9)49-54-32(26-71-49)19-20-39(61)55-35(21-31-22-51-34-18-16-15-17-33(31)34)44(64)52-23-36(45(65)53-30(8)43(63)58-40)56-47(67)41(29(7)11-2)59-46(66)38(24-50-27-60)70-72(12-3,13-4)14-5/h15-20,22,26-30,35-38,40-42,51,62H,10-14,21,23-25H2,1-9H3,(H,50,60)(H,52,64)(H,53,65)(H,55,61)(H,56,67)(H,57,68)(H,58,63)(H,59,66)/b20-19+/t28-,29-,30-,35-,36-,37-,38+,40-,41-,42+/m0/s1. The molecule has 10 atom stereocenters. The van der Waals surface area contributed by atoms with Gasteiger partial charge in [-0.25, -0.2) is 4.98 Å². The topological polar surface area (TPSA) is 300 Å². The third kappa shape index (κ3) is 16.0. The van der Waals surface area contributed by atoms with Crippen LogP contribution in [0.1, 0.15) is 90.5 Å². The van der Waals surface area contributed by atoms with Crippen LogP contribution in [0.5, 0.6) is 0 Å². The zero-order chi connectivity index (χ0) is 53.1. The van der Waals surface area contributed by atoms with Crippen molar-refractivity contribution < 1.29 is 52.6 Å². The van der Waals surface area contributed by atoms with E-state index in [0.29, 0.717) is 53.6 Å². The molecule has 2 bridgehead atoms. The highest BCUT2D eigenvalue weighted by atomic mass is 32.1. The van der Waals surface area contributed by atoms with Crippen LogP contribution in [0.25, 0.3) is 17.0 Å². The van der Waals surface area contributed by atoms with Crippen LogP contribution in [-0.4, -0.2) is 140 Å². The van der Waals surface area contributed by atoms with E-state index in [1.54, 1.807) is 25.4 Å². The van der Waals surface area contributed by atoms with Gasteiger partial charge in [0, 0.05) is 48.6 Å². The number of hydrogen-bond donors (Lipinski definition) is 10. The number of hydrogen-bond acceptors (Lipinski definition) is 13. The number of aromatic amines is 1. The molecule has 0 saturated heterocycles. The predicted octanol–water partition coefficient (Wildman–Crippen LogP) is 1.85. The lowest BCUT2D eigenvalue weighted by atomic mass is 9.93. The Balaban J connectivity index is 1.76. The van der Waals surface area contributed by atoms with Gasteiger partial charge in [0.2, 0.25) is 41.9 Å². The Bertz CT molecular complexity index is 2350. The monoisotopic (exact) mass is 1040 g/mol. The molecule has 3 aromatic rings. The molecule has 0 aliphatic carbocycles. The van der Waals surface area contributed by atoms with Gasteiger partial charge < -0.3 is 61.8 Å². The number of thiazole rings is 1. The summed E-state index contributed by atoms with van der Waals surface area (Å²) in [4.78, 5) is 118. The number of amides is 8. The second kappa shape index (κ2) is 28.3. The summed E-state index contributed by atoms with van der Waals surface area (Å²) in [6, 6.07) is 2.21. The first-order valence-electron chi connectivity index (χ1n) is 24.7. The molecule has 21 nitrogen and oxygen atoms in total. The normalized spacial score (nSPS) is 23.0. The van der Waals surface area contributed by atoms with E-state index in [2.05, 4.69) is 52.5 Å². The number of methoxy groups -OCH3 is 1. The van der Waals surface area contributed by atoms with E-state index in [1.807, 2.05) is 58.9 Å². The minimum atomic E-state index is -2.42. The van der Waals surface area contributed by atoms with Crippen molar-refractivity contribution in [3.63, 3.8) is 0 Å². The zero-order valence-corrected chi connectivity index (χ0v) is 44.5. The quantitative estimate of drug-likeness (QED) is 0.0573. The molecule has 1 aliphatic rings. The maximum absolute atomic E-state index is 14.5. The van der Waals surface area contributed by atoms with Gasteiger partial charge in [0.05, 0.1) is 24.9 Å². The van der Waals surface area contributed by atoms with Crippen molar-refractivity contribution in [2.24, 2.45) is 11.8 Å². The summed E-state index contributed by atoms with van der Waals surface area (Å²) in [7, 11) is -0.987. The molecular weight excluding hydrogens is 965 g/mol. The Morgan fingerprint density at radius 2 is 1.61 bits per heavy atom. The van der Waals surface area contributed by atoms with Crippen molar-refractivity contribution in [2.75, 3.05) is 26.8 Å². The van der Waals surface area contributed by atoms with E-state index in [4.69, 9.17) is 9.16 Å². The van der Waals surface area contributed by atoms with E-state index >= 15 is 0 Å². The fraction of sp³-hybridized carbons (Fsp3) is 0.571. The van der Waals surface area contributed by atoms with Gasteiger partial charge in [-0.15, -0.1) is 11.3 Å². The van der Waals surface area contributed by atoms with Crippen LogP contribution in [0.15, 0.2) is 41.9 Å². The van der Waals surface area contributed by atoms with Gasteiger partial charge in [-0.1, -0.05) is 79.5 Å². The highest BCUT2D eigenvalue weighted by Crippen LogP contribution is 2.25. The third-order valence-corrected chi connectivity index (χ3v) is 19.1. The summed E-state index contributed by atoms with van der Waals surface area (Å²) in [5, 5.41) is 35.9. The maximum Gasteiger partial charge on any atom is 0.251 e. The van der Waals surface area contributed by atoms with E-state index < -0.39 is 117 Å². The Kier molecular flexibility index (Phi) is 23.0. The molecule has 0 spiro atoms. The van der Waals surface area contributed by atoms with E-state index in [1.165, 1.54) is 37.5 Å². The molecule has 8 amide bonds. The predicted molar refractivity (Wildman–Crippen MR) is 275 cm³/mol. The lowest BCUT2D eigenvalue weighted by molar-refractivity contribution is -0.137. The number of carbonyl (C=O) groups is 8. The van der Waals surface area contributed by atoms with Gasteiger partial charge >= 0.3 is 0 Å². The zero-order valence-electron chi connectivity index (χ0n) is 42.7. The number of rotatable bonds is 20. The summed E-state index contributed by atoms with van der Waals surface area (Å²) in [6.07, 6.45) is 2.77. The van der Waals surface area contributed by atoms with Crippen LogP contribution in [0.4, 0.5) is 0 Å². The molecule has 3 heterocycles. The number of aliphatic hydroxyl groups is 1. The molecule has 0 fully saturated rings. The molecule has 72 heavy (non-hydrogen) atoms. The molecule has 0 unspecified atom stereocenters. The Morgan fingerprint density at radius 1 is 0.903 bits per heavy atom. The first-order valence-corrected chi connectivity index (χ1v) is 28.1. The number of nitrogens with one attached hydrogen (secondary N) is 9. The number of carbonyl (C=O) groups excluding carboxylic acids is 8. The van der Waals surface area contributed by atoms with Gasteiger partial charge in [-0.3, -0.25) is 38.4 Å². The van der Waals surface area contributed by atoms with E-state index in [9.17, 15) is 43.5 Å². The van der Waals surface area contributed by atoms with E-state index in [-0.39, 0.29) is 19.6 Å². The molecule has 396 valence electrons. The van der Waals surface area contributed by atoms with Gasteiger partial charge in [0.15, 0.2) is 14.4 Å². The van der Waals surface area contributed by atoms with Gasteiger partial charge in [0.1, 0.15) is 41.3 Å². The van der Waals surface area contributed by atoms with Gasteiger partial charge in [0.25, 0.3) is 5.91 Å². The highest BCUT2D eigenvalue weighted by molar-refractivity contribution is 7.09. The Labute approximate surface area is 426 Å². The summed E-state index contributed by atoms with van der Waals surface area (Å²) in [5.41, 5.74) is 1.85. The first kappa shape index (κ1) is 58.6. The van der Waals surface area contributed by atoms with E-state index in [0.717, 1.165) is 10.9 Å². The van der Waals surface area contributed by atoms with Crippen LogP contribution in [0.2, 0.25) is 18.1 Å². The number of aliphatic hydroxyl groups excluding tert-OH is 1. The highest BCUT2D eigenvalue weighted by Gasteiger charge is 2.39. The average Bonchev–Trinajstić information content (AvgIpc) is 4.03. The number of H-pyrrole nitrogens is 1. The summed E-state index contributed by atoms with van der Waals surface area (Å²) >= 11 is 1.18. The minimum Gasteiger partial charge on any atom is -0.404 e. The Hall–Kier alpha value is -6.01. The van der Waals surface area contributed by atoms with Crippen LogP contribution < -0.4 is 42.5 Å². The molecule has 1 aliphatic heterocycles. The lowest BCUT2D eigenvalue weighted by Crippen LogP contribution is -2.62. The Morgan fingerprint density at radius 3 is 2.26 bits per heavy atom. The van der Waals surface area contributed by atoms with Gasteiger partial charge in [-0.05, 0) is 54.6 Å². The molecule has 0 radical (unpaired) electrons. The number of benzene rings is 1. The fourth-order valence-electron chi connectivity index (χ4n) is 8.25. The van der Waals surface area contributed by atoms with Crippen LogP contribution in [0.3, 0.4) is 0 Å². The minimum absolute atomic E-state index is 0.000848.